The number of methoxy groups -OCH3 is 1. The fourth-order valence-electron chi connectivity index (χ4n) is 7.44. The van der Waals surface area contributed by atoms with E-state index in [2.05, 4.69) is 21.1 Å². The molecule has 2 aliphatic rings. The van der Waals surface area contributed by atoms with Gasteiger partial charge in [-0.1, -0.05) is 18.9 Å². The van der Waals surface area contributed by atoms with Gasteiger partial charge in [-0.2, -0.15) is 10.4 Å². The maximum absolute atomic E-state index is 14.3. The number of esters is 4. The summed E-state index contributed by atoms with van der Waals surface area (Å²) >= 11 is 0. The molecule has 1 unspecified atom stereocenters. The molecule has 6 atom stereocenters. The second-order valence-electron chi connectivity index (χ2n) is 13.9. The number of aryl methyl sites for hydroxylation is 1. The topological polar surface area (TPSA) is 216 Å². The third-order valence-corrected chi connectivity index (χ3v) is 9.99. The average molecular weight is 786 g/mol. The Morgan fingerprint density at radius 3 is 2.33 bits per heavy atom. The molecule has 1 aromatic carbocycles. The van der Waals surface area contributed by atoms with Crippen molar-refractivity contribution < 1.29 is 52.4 Å². The van der Waals surface area contributed by atoms with Gasteiger partial charge in [0, 0.05) is 51.2 Å². The molecular weight excluding hydrogens is 742 g/mol. The summed E-state index contributed by atoms with van der Waals surface area (Å²) in [6, 6.07) is 8.35. The average Bonchev–Trinajstić information content (AvgIpc) is 3.97. The van der Waals surface area contributed by atoms with Crippen molar-refractivity contribution in [2.75, 3.05) is 19.1 Å². The van der Waals surface area contributed by atoms with E-state index in [1.165, 1.54) is 22.8 Å². The van der Waals surface area contributed by atoms with Crippen LogP contribution < -0.4 is 9.64 Å². The lowest BCUT2D eigenvalue weighted by atomic mass is 9.96. The lowest BCUT2D eigenvalue weighted by Gasteiger charge is -2.43. The van der Waals surface area contributed by atoms with E-state index in [0.717, 1.165) is 59.1 Å². The van der Waals surface area contributed by atoms with Crippen molar-refractivity contribution in [1.82, 2.24) is 24.3 Å². The lowest BCUT2D eigenvalue weighted by molar-refractivity contribution is -0.282. The van der Waals surface area contributed by atoms with Crippen molar-refractivity contribution in [3.8, 4) is 23.1 Å². The number of carbonyl (C=O) groups excluding carboxylic acids is 5. The number of benzene rings is 1. The predicted molar refractivity (Wildman–Crippen MR) is 198 cm³/mol. The van der Waals surface area contributed by atoms with Gasteiger partial charge in [0.05, 0.1) is 43.2 Å². The first-order valence-corrected chi connectivity index (χ1v) is 18.3. The molecule has 1 amide bonds. The van der Waals surface area contributed by atoms with Crippen LogP contribution in [0, 0.1) is 24.2 Å². The number of amides is 1. The number of anilines is 1. The van der Waals surface area contributed by atoms with Crippen LogP contribution in [-0.4, -0.2) is 99.1 Å². The molecule has 300 valence electrons. The van der Waals surface area contributed by atoms with Gasteiger partial charge in [0.25, 0.3) is 0 Å². The Labute approximate surface area is 327 Å². The highest BCUT2D eigenvalue weighted by Crippen LogP contribution is 2.38. The lowest BCUT2D eigenvalue weighted by Crippen LogP contribution is -2.64. The van der Waals surface area contributed by atoms with Crippen molar-refractivity contribution in [2.45, 2.75) is 96.5 Å². The molecule has 0 N–H and O–H groups in total. The zero-order chi connectivity index (χ0) is 41.0. The third-order valence-electron chi connectivity index (χ3n) is 9.99. The number of fused-ring (bicyclic) bond motifs is 1. The number of carbonyl (C=O) groups is 5. The number of hydrogen-bond acceptors (Lipinski definition) is 15. The molecule has 18 nitrogen and oxygen atoms in total. The van der Waals surface area contributed by atoms with Gasteiger partial charge in [0.15, 0.2) is 24.0 Å². The normalized spacial score (nSPS) is 21.2. The van der Waals surface area contributed by atoms with Gasteiger partial charge in [-0.05, 0) is 49.4 Å². The van der Waals surface area contributed by atoms with Gasteiger partial charge in [0.2, 0.25) is 12.4 Å². The zero-order valence-corrected chi connectivity index (χ0v) is 32.3. The largest absolute Gasteiger partial charge is 0.467 e. The summed E-state index contributed by atoms with van der Waals surface area (Å²) in [6.07, 6.45) is 3.17. The second kappa shape index (κ2) is 17.2. The van der Waals surface area contributed by atoms with Crippen LogP contribution in [0.25, 0.3) is 22.3 Å². The zero-order valence-electron chi connectivity index (χ0n) is 32.3. The fraction of sp³-hybridized carbons (Fsp3) is 0.462. The van der Waals surface area contributed by atoms with Gasteiger partial charge in [-0.3, -0.25) is 28.5 Å². The van der Waals surface area contributed by atoms with Crippen LogP contribution in [0.4, 0.5) is 10.5 Å². The minimum absolute atomic E-state index is 0.0445. The first-order valence-electron chi connectivity index (χ1n) is 18.3. The molecule has 6 rings (SSSR count). The Bertz CT molecular complexity index is 2200. The molecule has 1 saturated heterocycles. The molecule has 2 fully saturated rings. The van der Waals surface area contributed by atoms with Crippen LogP contribution >= 0.6 is 0 Å². The number of nitrogens with zero attached hydrogens (tertiary/aromatic N) is 7. The molecule has 1 aliphatic carbocycles. The van der Waals surface area contributed by atoms with Crippen molar-refractivity contribution in [3.63, 3.8) is 0 Å². The van der Waals surface area contributed by atoms with Crippen molar-refractivity contribution in [3.05, 3.63) is 54.7 Å². The van der Waals surface area contributed by atoms with Crippen LogP contribution in [0.3, 0.4) is 0 Å². The summed E-state index contributed by atoms with van der Waals surface area (Å²) in [5.74, 6) is -3.09. The Balaban J connectivity index is 1.32. The SMILES string of the molecule is COC(=O)[C@H]1O[C@@H](Oc2ccc(C)cc2N(C)C(=O)n2ccc3c(-c4cnn(C(CC#N)C5CCCC5)c4)ncnc32)[C@H](OC(C)=O)[C@@H](OC(C)=O)[C@@H]1OC(C)=O. The van der Waals surface area contributed by atoms with Gasteiger partial charge < -0.3 is 28.4 Å². The molecule has 1 aliphatic heterocycles. The van der Waals surface area contributed by atoms with Crippen LogP contribution in [-0.2, 0) is 42.9 Å². The van der Waals surface area contributed by atoms with Crippen LogP contribution in [0.2, 0.25) is 0 Å². The van der Waals surface area contributed by atoms with Crippen molar-refractivity contribution in [2.24, 2.45) is 5.92 Å². The Kier molecular flexibility index (Phi) is 12.2. The quantitative estimate of drug-likeness (QED) is 0.152. The number of hydrogen-bond donors (Lipinski definition) is 0. The molecule has 57 heavy (non-hydrogen) atoms. The summed E-state index contributed by atoms with van der Waals surface area (Å²) in [5.41, 5.74) is 2.56. The number of aromatic nitrogens is 5. The summed E-state index contributed by atoms with van der Waals surface area (Å²) in [4.78, 5) is 74.3. The Morgan fingerprint density at radius 1 is 0.982 bits per heavy atom. The number of rotatable bonds is 11. The molecule has 0 bridgehead atoms. The van der Waals surface area contributed by atoms with E-state index >= 15 is 0 Å². The highest BCUT2D eigenvalue weighted by atomic mass is 16.7. The highest BCUT2D eigenvalue weighted by molar-refractivity contribution is 6.02. The van der Waals surface area contributed by atoms with Crippen molar-refractivity contribution in [1.29, 1.82) is 5.26 Å². The van der Waals surface area contributed by atoms with Crippen LogP contribution in [0.5, 0.6) is 5.75 Å². The summed E-state index contributed by atoms with van der Waals surface area (Å²) in [7, 11) is 2.60. The van der Waals surface area contributed by atoms with Crippen LogP contribution in [0.15, 0.2) is 49.2 Å². The van der Waals surface area contributed by atoms with E-state index in [9.17, 15) is 29.2 Å². The number of nitriles is 1. The van der Waals surface area contributed by atoms with E-state index in [4.69, 9.17) is 28.4 Å². The summed E-state index contributed by atoms with van der Waals surface area (Å²) < 4.78 is 36.6. The van der Waals surface area contributed by atoms with Crippen molar-refractivity contribution >= 4 is 46.6 Å². The monoisotopic (exact) mass is 785 g/mol. The summed E-state index contributed by atoms with van der Waals surface area (Å²) in [6.45, 7) is 5.06. The molecule has 4 aromatic rings. The standard InChI is InChI=1S/C39H43N7O11/c1-21-11-12-30(56-38-35(55-24(4)49)33(54-23(3)48)32(53-22(2)47)34(57-38)37(50)52-6)29(17-21)44(5)39(51)45-16-14-27-31(41-20-42-36(27)45)26-18-43-46(19-26)28(13-15-40)25-9-7-8-10-25/h11-12,14,16-20,25,28,32-35,38H,7-10,13H2,1-6H3/t28?,32-,33-,34-,35+,38+/m0/s1. The first kappa shape index (κ1) is 40.3. The van der Waals surface area contributed by atoms with Crippen LogP contribution in [0.1, 0.15) is 64.5 Å². The van der Waals surface area contributed by atoms with Gasteiger partial charge in [-0.25, -0.2) is 19.6 Å². The summed E-state index contributed by atoms with van der Waals surface area (Å²) in [5, 5.41) is 14.7. The maximum Gasteiger partial charge on any atom is 0.339 e. The molecule has 3 aromatic heterocycles. The van der Waals surface area contributed by atoms with E-state index in [1.54, 1.807) is 43.6 Å². The first-order chi connectivity index (χ1) is 27.3. The predicted octanol–water partition coefficient (Wildman–Crippen LogP) is 4.42. The smallest absolute Gasteiger partial charge is 0.339 e. The van der Waals surface area contributed by atoms with Gasteiger partial charge >= 0.3 is 29.9 Å². The second-order valence-corrected chi connectivity index (χ2v) is 13.9. The van der Waals surface area contributed by atoms with E-state index in [1.807, 2.05) is 10.9 Å². The molecule has 4 heterocycles. The van der Waals surface area contributed by atoms with Gasteiger partial charge in [0.1, 0.15) is 12.1 Å². The molecular formula is C39H43N7O11. The fourth-order valence-corrected chi connectivity index (χ4v) is 7.44. The molecule has 18 heteroatoms. The highest BCUT2D eigenvalue weighted by Gasteiger charge is 2.56. The molecule has 0 spiro atoms. The van der Waals surface area contributed by atoms with Gasteiger partial charge in [-0.15, -0.1) is 0 Å². The third kappa shape index (κ3) is 8.58. The minimum atomic E-state index is -1.68. The molecule has 1 saturated carbocycles. The number of ether oxygens (including phenoxy) is 6. The maximum atomic E-state index is 14.3. The van der Waals surface area contributed by atoms with E-state index in [-0.39, 0.29) is 17.5 Å². The van der Waals surface area contributed by atoms with E-state index < -0.39 is 60.6 Å². The molecule has 0 radical (unpaired) electrons. The van der Waals surface area contributed by atoms with E-state index in [0.29, 0.717) is 34.6 Å². The minimum Gasteiger partial charge on any atom is -0.467 e. The Hall–Kier alpha value is -6.35. The Morgan fingerprint density at radius 2 is 1.67 bits per heavy atom.